The van der Waals surface area contributed by atoms with Crippen LogP contribution in [-0.2, 0) is 0 Å². The van der Waals surface area contributed by atoms with Gasteiger partial charge in [0.1, 0.15) is 11.5 Å². The van der Waals surface area contributed by atoms with E-state index in [1.807, 2.05) is 61.5 Å². The minimum Gasteiger partial charge on any atom is -0.457 e. The lowest BCUT2D eigenvalue weighted by Crippen LogP contribution is -1.86. The van der Waals surface area contributed by atoms with Gasteiger partial charge in [0.25, 0.3) is 0 Å². The predicted molar refractivity (Wildman–Crippen MR) is 67.8 cm³/mol. The fourth-order valence-electron chi connectivity index (χ4n) is 1.47. The minimum absolute atomic E-state index is 0.847. The molecule has 0 bridgehead atoms. The van der Waals surface area contributed by atoms with Gasteiger partial charge in [-0.05, 0) is 36.2 Å². The minimum atomic E-state index is 0.847. The number of para-hydroxylation sites is 1. The second-order valence-electron chi connectivity index (χ2n) is 3.64. The SMILES string of the molecule is C=Cc1ccc(Oc2ccccc2C)cc1. The molecule has 80 valence electrons. The third-order valence-electron chi connectivity index (χ3n) is 2.44. The quantitative estimate of drug-likeness (QED) is 0.728. The van der Waals surface area contributed by atoms with Crippen LogP contribution >= 0.6 is 0 Å². The molecule has 0 N–H and O–H groups in total. The van der Waals surface area contributed by atoms with Gasteiger partial charge in [0.05, 0.1) is 0 Å². The third kappa shape index (κ3) is 2.31. The Kier molecular flexibility index (Phi) is 3.06. The molecule has 0 saturated heterocycles. The summed E-state index contributed by atoms with van der Waals surface area (Å²) in [5.74, 6) is 1.74. The maximum Gasteiger partial charge on any atom is 0.130 e. The van der Waals surface area contributed by atoms with Gasteiger partial charge in [-0.15, -0.1) is 0 Å². The van der Waals surface area contributed by atoms with Crippen LogP contribution in [0, 0.1) is 6.92 Å². The lowest BCUT2D eigenvalue weighted by Gasteiger charge is -2.08. The van der Waals surface area contributed by atoms with E-state index < -0.39 is 0 Å². The Bertz CT molecular complexity index is 483. The van der Waals surface area contributed by atoms with Crippen molar-refractivity contribution in [2.24, 2.45) is 0 Å². The molecule has 1 nitrogen and oxygen atoms in total. The molecule has 0 fully saturated rings. The van der Waals surface area contributed by atoms with Gasteiger partial charge in [-0.2, -0.15) is 0 Å². The second-order valence-corrected chi connectivity index (χ2v) is 3.64. The Morgan fingerprint density at radius 2 is 1.69 bits per heavy atom. The van der Waals surface area contributed by atoms with Crippen LogP contribution in [0.25, 0.3) is 6.08 Å². The Labute approximate surface area is 96.0 Å². The molecule has 2 aromatic carbocycles. The van der Waals surface area contributed by atoms with Crippen LogP contribution in [0.15, 0.2) is 55.1 Å². The number of hydrogen-bond donors (Lipinski definition) is 0. The maximum atomic E-state index is 5.77. The highest BCUT2D eigenvalue weighted by Crippen LogP contribution is 2.24. The molecule has 0 aliphatic carbocycles. The van der Waals surface area contributed by atoms with Crippen LogP contribution in [0.3, 0.4) is 0 Å². The number of hydrogen-bond acceptors (Lipinski definition) is 1. The summed E-state index contributed by atoms with van der Waals surface area (Å²) >= 11 is 0. The topological polar surface area (TPSA) is 9.23 Å². The van der Waals surface area contributed by atoms with E-state index in [9.17, 15) is 0 Å². The molecule has 1 heteroatoms. The van der Waals surface area contributed by atoms with Gasteiger partial charge in [0, 0.05) is 0 Å². The summed E-state index contributed by atoms with van der Waals surface area (Å²) in [7, 11) is 0. The van der Waals surface area contributed by atoms with Crippen LogP contribution in [-0.4, -0.2) is 0 Å². The third-order valence-corrected chi connectivity index (χ3v) is 2.44. The van der Waals surface area contributed by atoms with Gasteiger partial charge < -0.3 is 4.74 Å². The maximum absolute atomic E-state index is 5.77. The first-order valence-corrected chi connectivity index (χ1v) is 5.25. The van der Waals surface area contributed by atoms with E-state index in [-0.39, 0.29) is 0 Å². The number of aryl methyl sites for hydroxylation is 1. The molecule has 16 heavy (non-hydrogen) atoms. The Hall–Kier alpha value is -2.02. The van der Waals surface area contributed by atoms with Gasteiger partial charge in [0.15, 0.2) is 0 Å². The zero-order valence-corrected chi connectivity index (χ0v) is 9.31. The average molecular weight is 210 g/mol. The summed E-state index contributed by atoms with van der Waals surface area (Å²) in [4.78, 5) is 0. The monoisotopic (exact) mass is 210 g/mol. The Balaban J connectivity index is 2.21. The fraction of sp³-hybridized carbons (Fsp3) is 0.0667. The van der Waals surface area contributed by atoms with E-state index in [1.54, 1.807) is 0 Å². The zero-order valence-electron chi connectivity index (χ0n) is 9.31. The zero-order chi connectivity index (χ0) is 11.4. The molecular formula is C15H14O. The lowest BCUT2D eigenvalue weighted by atomic mass is 10.2. The summed E-state index contributed by atoms with van der Waals surface area (Å²) in [6, 6.07) is 15.8. The smallest absolute Gasteiger partial charge is 0.130 e. The Morgan fingerprint density at radius 1 is 1.00 bits per heavy atom. The normalized spacial score (nSPS) is 9.81. The molecule has 0 atom stereocenters. The van der Waals surface area contributed by atoms with Gasteiger partial charge in [-0.1, -0.05) is 43.0 Å². The molecule has 2 aromatic rings. The van der Waals surface area contributed by atoms with Gasteiger partial charge >= 0.3 is 0 Å². The summed E-state index contributed by atoms with van der Waals surface area (Å²) in [6.45, 7) is 5.75. The molecule has 0 amide bonds. The van der Waals surface area contributed by atoms with E-state index in [2.05, 4.69) is 6.58 Å². The molecular weight excluding hydrogens is 196 g/mol. The highest BCUT2D eigenvalue weighted by molar-refractivity contribution is 5.49. The second kappa shape index (κ2) is 4.67. The van der Waals surface area contributed by atoms with Crippen molar-refractivity contribution in [2.75, 3.05) is 0 Å². The van der Waals surface area contributed by atoms with Gasteiger partial charge in [-0.3, -0.25) is 0 Å². The van der Waals surface area contributed by atoms with Crippen molar-refractivity contribution in [3.8, 4) is 11.5 Å². The van der Waals surface area contributed by atoms with Crippen molar-refractivity contribution in [3.63, 3.8) is 0 Å². The largest absolute Gasteiger partial charge is 0.457 e. The van der Waals surface area contributed by atoms with Crippen molar-refractivity contribution in [1.29, 1.82) is 0 Å². The summed E-state index contributed by atoms with van der Waals surface area (Å²) in [5.41, 5.74) is 2.23. The van der Waals surface area contributed by atoms with Crippen LogP contribution in [0.4, 0.5) is 0 Å². The standard InChI is InChI=1S/C15H14O/c1-3-13-8-10-14(11-9-13)16-15-7-5-4-6-12(15)2/h3-11H,1H2,2H3. The predicted octanol–water partition coefficient (Wildman–Crippen LogP) is 4.43. The van der Waals surface area contributed by atoms with Gasteiger partial charge in [0.2, 0.25) is 0 Å². The van der Waals surface area contributed by atoms with Crippen LogP contribution < -0.4 is 4.74 Å². The van der Waals surface area contributed by atoms with Crippen molar-refractivity contribution < 1.29 is 4.74 Å². The van der Waals surface area contributed by atoms with Crippen molar-refractivity contribution in [1.82, 2.24) is 0 Å². The van der Waals surface area contributed by atoms with E-state index >= 15 is 0 Å². The number of ether oxygens (including phenoxy) is 1. The molecule has 0 aromatic heterocycles. The van der Waals surface area contributed by atoms with Crippen LogP contribution in [0.5, 0.6) is 11.5 Å². The van der Waals surface area contributed by atoms with Crippen molar-refractivity contribution in [2.45, 2.75) is 6.92 Å². The fourth-order valence-corrected chi connectivity index (χ4v) is 1.47. The molecule has 0 spiro atoms. The molecule has 0 saturated carbocycles. The lowest BCUT2D eigenvalue weighted by molar-refractivity contribution is 0.479. The molecule has 2 rings (SSSR count). The van der Waals surface area contributed by atoms with E-state index in [0.29, 0.717) is 0 Å². The van der Waals surface area contributed by atoms with Crippen molar-refractivity contribution in [3.05, 3.63) is 66.2 Å². The van der Waals surface area contributed by atoms with E-state index in [1.165, 1.54) is 0 Å². The molecule has 0 heterocycles. The molecule has 0 aliphatic rings. The Morgan fingerprint density at radius 3 is 2.31 bits per heavy atom. The first-order chi connectivity index (χ1) is 7.79. The number of benzene rings is 2. The first-order valence-electron chi connectivity index (χ1n) is 5.25. The number of rotatable bonds is 3. The van der Waals surface area contributed by atoms with Crippen LogP contribution in [0.1, 0.15) is 11.1 Å². The first kappa shape index (κ1) is 10.5. The summed E-state index contributed by atoms with van der Waals surface area (Å²) < 4.78 is 5.77. The molecule has 0 unspecified atom stereocenters. The molecule has 0 radical (unpaired) electrons. The van der Waals surface area contributed by atoms with Gasteiger partial charge in [-0.25, -0.2) is 0 Å². The van der Waals surface area contributed by atoms with E-state index in [4.69, 9.17) is 4.74 Å². The summed E-state index contributed by atoms with van der Waals surface area (Å²) in [5, 5.41) is 0. The highest BCUT2D eigenvalue weighted by atomic mass is 16.5. The summed E-state index contributed by atoms with van der Waals surface area (Å²) in [6.07, 6.45) is 1.82. The average Bonchev–Trinajstić information content (AvgIpc) is 2.33. The molecule has 0 aliphatic heterocycles. The van der Waals surface area contributed by atoms with Crippen LogP contribution in [0.2, 0.25) is 0 Å². The van der Waals surface area contributed by atoms with Crippen molar-refractivity contribution >= 4 is 6.08 Å². The van der Waals surface area contributed by atoms with E-state index in [0.717, 1.165) is 22.6 Å². The highest BCUT2D eigenvalue weighted by Gasteiger charge is 1.99.